The number of amides is 1. The number of hydrogen-bond acceptors (Lipinski definition) is 2. The minimum atomic E-state index is -0.204. The molecular weight excluding hydrogens is 333 g/mol. The minimum absolute atomic E-state index is 0.105. The van der Waals surface area contributed by atoms with E-state index < -0.39 is 0 Å². The van der Waals surface area contributed by atoms with E-state index in [9.17, 15) is 4.79 Å². The Bertz CT molecular complexity index is 827. The van der Waals surface area contributed by atoms with Gasteiger partial charge >= 0.3 is 0 Å². The smallest absolute Gasteiger partial charge is 0.226 e. The third-order valence-corrected chi connectivity index (χ3v) is 4.12. The van der Waals surface area contributed by atoms with E-state index in [0.29, 0.717) is 10.0 Å². The first kappa shape index (κ1) is 15.8. The second kappa shape index (κ2) is 6.60. The van der Waals surface area contributed by atoms with Gasteiger partial charge in [0.2, 0.25) is 5.91 Å². The molecule has 0 saturated heterocycles. The van der Waals surface area contributed by atoms with Gasteiger partial charge in [-0.05, 0) is 36.8 Å². The van der Waals surface area contributed by atoms with Crippen LogP contribution in [0.4, 0.5) is 0 Å². The number of halogens is 2. The van der Waals surface area contributed by atoms with Gasteiger partial charge in [0.1, 0.15) is 5.65 Å². The van der Waals surface area contributed by atoms with Gasteiger partial charge in [-0.3, -0.25) is 4.79 Å². The number of fused-ring (bicyclic) bond motifs is 1. The number of rotatable bonds is 4. The van der Waals surface area contributed by atoms with Crippen LogP contribution in [0.15, 0.2) is 48.8 Å². The summed E-state index contributed by atoms with van der Waals surface area (Å²) >= 11 is 12.1. The Morgan fingerprint density at radius 1 is 1.30 bits per heavy atom. The summed E-state index contributed by atoms with van der Waals surface area (Å²) in [6.07, 6.45) is 3.98. The van der Waals surface area contributed by atoms with E-state index in [1.165, 1.54) is 0 Å². The molecule has 118 valence electrons. The molecule has 1 aromatic carbocycles. The lowest BCUT2D eigenvalue weighted by molar-refractivity contribution is -0.121. The van der Waals surface area contributed by atoms with Gasteiger partial charge in [0, 0.05) is 22.4 Å². The van der Waals surface area contributed by atoms with Crippen molar-refractivity contribution in [1.29, 1.82) is 0 Å². The molecule has 0 spiro atoms. The number of carbonyl (C=O) groups is 1. The molecule has 6 heteroatoms. The van der Waals surface area contributed by atoms with Gasteiger partial charge in [-0.2, -0.15) is 0 Å². The molecule has 1 N–H and O–H groups in total. The maximum Gasteiger partial charge on any atom is 0.226 e. The molecule has 4 nitrogen and oxygen atoms in total. The molecular formula is C17H15Cl2N3O. The first-order valence-electron chi connectivity index (χ1n) is 7.20. The number of benzene rings is 1. The first-order chi connectivity index (χ1) is 11.0. The lowest BCUT2D eigenvalue weighted by Gasteiger charge is -2.15. The highest BCUT2D eigenvalue weighted by Gasteiger charge is 2.14. The summed E-state index contributed by atoms with van der Waals surface area (Å²) in [6.45, 7) is 1.89. The molecule has 2 heterocycles. The maximum atomic E-state index is 12.2. The van der Waals surface area contributed by atoms with Crippen LogP contribution in [-0.2, 0) is 11.2 Å². The van der Waals surface area contributed by atoms with Crippen molar-refractivity contribution >= 4 is 34.8 Å². The van der Waals surface area contributed by atoms with Crippen molar-refractivity contribution in [2.45, 2.75) is 19.4 Å². The number of aromatic nitrogens is 2. The Hall–Kier alpha value is -2.04. The first-order valence-corrected chi connectivity index (χ1v) is 7.95. The zero-order valence-electron chi connectivity index (χ0n) is 12.5. The molecule has 3 rings (SSSR count). The van der Waals surface area contributed by atoms with Gasteiger partial charge in [0.05, 0.1) is 18.2 Å². The number of pyridine rings is 1. The molecule has 1 atom stereocenters. The van der Waals surface area contributed by atoms with E-state index in [2.05, 4.69) is 10.3 Å². The highest BCUT2D eigenvalue weighted by atomic mass is 35.5. The predicted molar refractivity (Wildman–Crippen MR) is 91.9 cm³/mol. The highest BCUT2D eigenvalue weighted by Crippen LogP contribution is 2.26. The maximum absolute atomic E-state index is 12.2. The molecule has 0 bridgehead atoms. The van der Waals surface area contributed by atoms with Gasteiger partial charge in [0.15, 0.2) is 0 Å². The molecule has 0 fully saturated rings. The summed E-state index contributed by atoms with van der Waals surface area (Å²) in [7, 11) is 0. The Labute approximate surface area is 144 Å². The van der Waals surface area contributed by atoms with E-state index in [-0.39, 0.29) is 18.4 Å². The van der Waals surface area contributed by atoms with Crippen molar-refractivity contribution in [3.63, 3.8) is 0 Å². The normalized spacial score (nSPS) is 12.3. The Morgan fingerprint density at radius 2 is 2.13 bits per heavy atom. The number of nitrogens with one attached hydrogen (secondary N) is 1. The predicted octanol–water partition coefficient (Wildman–Crippen LogP) is 4.06. The van der Waals surface area contributed by atoms with Crippen LogP contribution in [0.2, 0.25) is 10.0 Å². The fourth-order valence-corrected chi connectivity index (χ4v) is 3.03. The second-order valence-electron chi connectivity index (χ2n) is 5.33. The van der Waals surface area contributed by atoms with Gasteiger partial charge in [-0.15, -0.1) is 0 Å². The quantitative estimate of drug-likeness (QED) is 0.773. The third-order valence-electron chi connectivity index (χ3n) is 3.56. The number of carbonyl (C=O) groups excluding carboxylic acids is 1. The van der Waals surface area contributed by atoms with Crippen LogP contribution in [0, 0.1) is 0 Å². The van der Waals surface area contributed by atoms with Crippen LogP contribution in [0.5, 0.6) is 0 Å². The summed E-state index contributed by atoms with van der Waals surface area (Å²) in [5, 5.41) is 4.04. The van der Waals surface area contributed by atoms with Crippen molar-refractivity contribution in [2.75, 3.05) is 0 Å². The average Bonchev–Trinajstić information content (AvgIpc) is 2.88. The highest BCUT2D eigenvalue weighted by molar-refractivity contribution is 6.35. The zero-order chi connectivity index (χ0) is 16.4. The SMILES string of the molecule is C[C@H](NC(=O)Cc1cn2ccccc2n1)c1ccc(Cl)cc1Cl. The van der Waals surface area contributed by atoms with Gasteiger partial charge in [-0.25, -0.2) is 4.98 Å². The lowest BCUT2D eigenvalue weighted by atomic mass is 10.1. The minimum Gasteiger partial charge on any atom is -0.349 e. The largest absolute Gasteiger partial charge is 0.349 e. The monoisotopic (exact) mass is 347 g/mol. The van der Waals surface area contributed by atoms with Crippen LogP contribution in [-0.4, -0.2) is 15.3 Å². The fourth-order valence-electron chi connectivity index (χ4n) is 2.46. The van der Waals surface area contributed by atoms with Gasteiger partial charge in [-0.1, -0.05) is 35.3 Å². The molecule has 0 aliphatic heterocycles. The molecule has 0 radical (unpaired) electrons. The van der Waals surface area contributed by atoms with Crippen molar-refractivity contribution in [1.82, 2.24) is 14.7 Å². The topological polar surface area (TPSA) is 46.4 Å². The third kappa shape index (κ3) is 3.66. The number of nitrogens with zero attached hydrogens (tertiary/aromatic N) is 2. The van der Waals surface area contributed by atoms with E-state index in [4.69, 9.17) is 23.2 Å². The summed E-state index contributed by atoms with van der Waals surface area (Å²) < 4.78 is 1.89. The van der Waals surface area contributed by atoms with E-state index in [0.717, 1.165) is 16.9 Å². The van der Waals surface area contributed by atoms with Gasteiger partial charge in [0.25, 0.3) is 0 Å². The summed E-state index contributed by atoms with van der Waals surface area (Å²) in [5.41, 5.74) is 2.38. The van der Waals surface area contributed by atoms with Crippen LogP contribution >= 0.6 is 23.2 Å². The molecule has 0 saturated carbocycles. The van der Waals surface area contributed by atoms with E-state index in [1.54, 1.807) is 12.1 Å². The van der Waals surface area contributed by atoms with Crippen molar-refractivity contribution < 1.29 is 4.79 Å². The zero-order valence-corrected chi connectivity index (χ0v) is 14.0. The summed E-state index contributed by atoms with van der Waals surface area (Å²) in [4.78, 5) is 16.6. The molecule has 0 unspecified atom stereocenters. The molecule has 0 aliphatic carbocycles. The average molecular weight is 348 g/mol. The molecule has 0 aliphatic rings. The Balaban J connectivity index is 1.68. The molecule has 2 aromatic heterocycles. The van der Waals surface area contributed by atoms with E-state index >= 15 is 0 Å². The Morgan fingerprint density at radius 3 is 2.87 bits per heavy atom. The van der Waals surface area contributed by atoms with Crippen molar-refractivity contribution in [3.05, 3.63) is 70.1 Å². The molecule has 23 heavy (non-hydrogen) atoms. The lowest BCUT2D eigenvalue weighted by Crippen LogP contribution is -2.28. The molecule has 1 amide bonds. The summed E-state index contributed by atoms with van der Waals surface area (Å²) in [6, 6.07) is 10.8. The standard InChI is InChI=1S/C17H15Cl2N3O/c1-11(14-6-5-12(18)8-15(14)19)20-17(23)9-13-10-22-7-3-2-4-16(22)21-13/h2-8,10-11H,9H2,1H3,(H,20,23)/t11-/m0/s1. The van der Waals surface area contributed by atoms with Crippen molar-refractivity contribution in [3.8, 4) is 0 Å². The number of imidazole rings is 1. The fraction of sp³-hybridized carbons (Fsp3) is 0.176. The van der Waals surface area contributed by atoms with Crippen molar-refractivity contribution in [2.24, 2.45) is 0 Å². The van der Waals surface area contributed by atoms with Crippen LogP contribution in [0.25, 0.3) is 5.65 Å². The van der Waals surface area contributed by atoms with E-state index in [1.807, 2.05) is 48.0 Å². The van der Waals surface area contributed by atoms with Crippen LogP contribution < -0.4 is 5.32 Å². The Kier molecular flexibility index (Phi) is 4.55. The summed E-state index contributed by atoms with van der Waals surface area (Å²) in [5.74, 6) is -0.105. The molecule has 3 aromatic rings. The number of hydrogen-bond donors (Lipinski definition) is 1. The van der Waals surface area contributed by atoms with Gasteiger partial charge < -0.3 is 9.72 Å². The van der Waals surface area contributed by atoms with Crippen LogP contribution in [0.1, 0.15) is 24.2 Å². The van der Waals surface area contributed by atoms with Crippen LogP contribution in [0.3, 0.4) is 0 Å². The second-order valence-corrected chi connectivity index (χ2v) is 6.17.